The number of aromatic nitrogens is 3. The maximum Gasteiger partial charge on any atom is 0.220 e. The smallest absolute Gasteiger partial charge is 0.220 e. The molecule has 0 spiro atoms. The molecule has 5 nitrogen and oxygen atoms in total. The first-order valence-corrected chi connectivity index (χ1v) is 8.31. The zero-order valence-electron chi connectivity index (χ0n) is 14.0. The monoisotopic (exact) mass is 353 g/mol. The first-order valence-electron chi connectivity index (χ1n) is 8.31. The highest BCUT2D eigenvalue weighted by Gasteiger charge is 2.18. The van der Waals surface area contributed by atoms with Gasteiger partial charge in [0.25, 0.3) is 0 Å². The summed E-state index contributed by atoms with van der Waals surface area (Å²) in [6, 6.07) is 6.97. The van der Waals surface area contributed by atoms with Gasteiger partial charge in [-0.1, -0.05) is 6.07 Å². The number of fused-ring (bicyclic) bond motifs is 1. The van der Waals surface area contributed by atoms with Crippen molar-refractivity contribution >= 4 is 5.95 Å². The van der Waals surface area contributed by atoms with E-state index in [1.54, 1.807) is 18.5 Å². The minimum atomic E-state index is -0.487. The summed E-state index contributed by atoms with van der Waals surface area (Å²) in [6.45, 7) is 2.32. The lowest BCUT2D eigenvalue weighted by Crippen LogP contribution is -2.31. The molecule has 0 radical (unpaired) electrons. The minimum Gasteiger partial charge on any atom is -0.368 e. The molecule has 1 aromatic carbocycles. The molecule has 1 aliphatic heterocycles. The Kier molecular flexibility index (Phi) is 4.30. The summed E-state index contributed by atoms with van der Waals surface area (Å²) in [6.07, 6.45) is 4.30. The van der Waals surface area contributed by atoms with Gasteiger partial charge in [-0.3, -0.25) is 9.88 Å². The van der Waals surface area contributed by atoms with E-state index in [1.807, 2.05) is 6.07 Å². The average Bonchev–Trinajstić information content (AvgIpc) is 2.65. The molecule has 132 valence electrons. The summed E-state index contributed by atoms with van der Waals surface area (Å²) in [7, 11) is 0. The van der Waals surface area contributed by atoms with Crippen molar-refractivity contribution in [3.63, 3.8) is 0 Å². The number of pyridine rings is 1. The molecule has 7 heteroatoms. The summed E-state index contributed by atoms with van der Waals surface area (Å²) in [5, 5.41) is 0. The Morgan fingerprint density at radius 1 is 1.08 bits per heavy atom. The van der Waals surface area contributed by atoms with Crippen LogP contribution in [0, 0.1) is 11.6 Å². The number of nitrogens with two attached hydrogens (primary N) is 1. The highest BCUT2D eigenvalue weighted by molar-refractivity contribution is 5.59. The lowest BCUT2D eigenvalue weighted by Gasteiger charge is -2.27. The number of hydrogen-bond acceptors (Lipinski definition) is 5. The van der Waals surface area contributed by atoms with Gasteiger partial charge in [-0.2, -0.15) is 0 Å². The highest BCUT2D eigenvalue weighted by Crippen LogP contribution is 2.23. The van der Waals surface area contributed by atoms with Crippen LogP contribution < -0.4 is 5.73 Å². The fourth-order valence-corrected chi connectivity index (χ4v) is 3.15. The van der Waals surface area contributed by atoms with Gasteiger partial charge in [0.2, 0.25) is 5.95 Å². The molecular weight excluding hydrogens is 336 g/mol. The van der Waals surface area contributed by atoms with E-state index < -0.39 is 11.6 Å². The molecule has 1 aliphatic rings. The lowest BCUT2D eigenvalue weighted by molar-refractivity contribution is 0.243. The second kappa shape index (κ2) is 6.76. The molecule has 0 saturated carbocycles. The molecule has 3 heterocycles. The second-order valence-corrected chi connectivity index (χ2v) is 6.34. The molecule has 3 aromatic rings. The molecule has 0 amide bonds. The van der Waals surface area contributed by atoms with Crippen molar-refractivity contribution in [1.29, 1.82) is 0 Å². The Bertz CT molecular complexity index is 943. The van der Waals surface area contributed by atoms with Gasteiger partial charge in [-0.25, -0.2) is 18.7 Å². The fourth-order valence-electron chi connectivity index (χ4n) is 3.15. The Balaban J connectivity index is 1.48. The average molecular weight is 353 g/mol. The maximum absolute atomic E-state index is 13.9. The molecule has 2 aromatic heterocycles. The predicted molar refractivity (Wildman–Crippen MR) is 93.9 cm³/mol. The van der Waals surface area contributed by atoms with E-state index in [9.17, 15) is 8.78 Å². The van der Waals surface area contributed by atoms with E-state index >= 15 is 0 Å². The number of anilines is 1. The van der Waals surface area contributed by atoms with E-state index in [-0.39, 0.29) is 5.56 Å². The van der Waals surface area contributed by atoms with E-state index in [1.165, 1.54) is 0 Å². The molecule has 2 N–H and O–H groups in total. The number of benzene rings is 1. The van der Waals surface area contributed by atoms with Gasteiger partial charge in [0.05, 0.1) is 11.4 Å². The summed E-state index contributed by atoms with van der Waals surface area (Å²) >= 11 is 0. The first-order chi connectivity index (χ1) is 12.6. The Labute approximate surface area is 149 Å². The zero-order valence-corrected chi connectivity index (χ0v) is 14.0. The Morgan fingerprint density at radius 3 is 2.77 bits per heavy atom. The summed E-state index contributed by atoms with van der Waals surface area (Å²) in [5.74, 6) is -0.665. The van der Waals surface area contributed by atoms with Crippen LogP contribution in [0.1, 0.15) is 16.8 Å². The van der Waals surface area contributed by atoms with Gasteiger partial charge in [-0.15, -0.1) is 0 Å². The van der Waals surface area contributed by atoms with Gasteiger partial charge < -0.3 is 5.73 Å². The molecule has 0 unspecified atom stereocenters. The van der Waals surface area contributed by atoms with Gasteiger partial charge in [0.15, 0.2) is 0 Å². The van der Waals surface area contributed by atoms with Gasteiger partial charge in [0.1, 0.15) is 11.6 Å². The SMILES string of the molecule is Nc1ncc2c(n1)CCN(Cc1ccc(-c3cc(F)ccc3F)nc1)C2. The van der Waals surface area contributed by atoms with Crippen molar-refractivity contribution in [3.8, 4) is 11.3 Å². The topological polar surface area (TPSA) is 67.9 Å². The molecular formula is C19H17F2N5. The predicted octanol–water partition coefficient (Wildman–Crippen LogP) is 2.96. The first kappa shape index (κ1) is 16.5. The third-order valence-corrected chi connectivity index (χ3v) is 4.47. The molecule has 0 aliphatic carbocycles. The maximum atomic E-state index is 13.9. The van der Waals surface area contributed by atoms with Crippen LogP contribution in [0.25, 0.3) is 11.3 Å². The van der Waals surface area contributed by atoms with E-state index in [0.717, 1.165) is 54.5 Å². The third-order valence-electron chi connectivity index (χ3n) is 4.47. The van der Waals surface area contributed by atoms with E-state index in [2.05, 4.69) is 19.9 Å². The number of hydrogen-bond donors (Lipinski definition) is 1. The normalized spacial score (nSPS) is 14.2. The molecule has 0 bridgehead atoms. The van der Waals surface area contributed by atoms with E-state index in [4.69, 9.17) is 5.73 Å². The van der Waals surface area contributed by atoms with Crippen molar-refractivity contribution in [1.82, 2.24) is 19.9 Å². The summed E-state index contributed by atoms with van der Waals surface area (Å²) < 4.78 is 27.2. The number of rotatable bonds is 3. The molecule has 0 fully saturated rings. The molecule has 26 heavy (non-hydrogen) atoms. The molecule has 0 atom stereocenters. The van der Waals surface area contributed by atoms with Crippen molar-refractivity contribution in [3.05, 3.63) is 71.2 Å². The van der Waals surface area contributed by atoms with Crippen molar-refractivity contribution < 1.29 is 8.78 Å². The number of nitrogens with zero attached hydrogens (tertiary/aromatic N) is 4. The van der Waals surface area contributed by atoms with Gasteiger partial charge in [-0.05, 0) is 29.8 Å². The lowest BCUT2D eigenvalue weighted by atomic mass is 10.1. The van der Waals surface area contributed by atoms with Crippen molar-refractivity contribution in [2.75, 3.05) is 12.3 Å². The summed E-state index contributed by atoms with van der Waals surface area (Å²) in [5.41, 5.74) is 9.30. The van der Waals surface area contributed by atoms with Crippen LogP contribution in [0.4, 0.5) is 14.7 Å². The third kappa shape index (κ3) is 3.39. The zero-order chi connectivity index (χ0) is 18.1. The van der Waals surface area contributed by atoms with Crippen molar-refractivity contribution in [2.45, 2.75) is 19.5 Å². The summed E-state index contributed by atoms with van der Waals surface area (Å²) in [4.78, 5) is 14.9. The van der Waals surface area contributed by atoms with Crippen LogP contribution in [-0.2, 0) is 19.5 Å². The Morgan fingerprint density at radius 2 is 1.96 bits per heavy atom. The molecule has 0 saturated heterocycles. The van der Waals surface area contributed by atoms with Crippen LogP contribution in [0.3, 0.4) is 0 Å². The number of nitrogen functional groups attached to an aromatic ring is 1. The highest BCUT2D eigenvalue weighted by atomic mass is 19.1. The van der Waals surface area contributed by atoms with Crippen LogP contribution in [0.2, 0.25) is 0 Å². The largest absolute Gasteiger partial charge is 0.368 e. The fraction of sp³-hybridized carbons (Fsp3) is 0.211. The van der Waals surface area contributed by atoms with Crippen LogP contribution >= 0.6 is 0 Å². The van der Waals surface area contributed by atoms with Gasteiger partial charge >= 0.3 is 0 Å². The quantitative estimate of drug-likeness (QED) is 0.784. The molecule has 4 rings (SSSR count). The van der Waals surface area contributed by atoms with Gasteiger partial charge in [0, 0.05) is 49.6 Å². The number of halogens is 2. The van der Waals surface area contributed by atoms with E-state index in [0.29, 0.717) is 18.2 Å². The van der Waals surface area contributed by atoms with Crippen LogP contribution in [0.5, 0.6) is 0 Å². The van der Waals surface area contributed by atoms with Crippen molar-refractivity contribution in [2.24, 2.45) is 0 Å². The van der Waals surface area contributed by atoms with Crippen LogP contribution in [-0.4, -0.2) is 26.4 Å². The second-order valence-electron chi connectivity index (χ2n) is 6.34. The Hall–Kier alpha value is -2.93. The minimum absolute atomic E-state index is 0.165. The standard InChI is InChI=1S/C19H17F2N5/c20-14-2-3-16(21)15(7-14)18-4-1-12(8-23-18)10-26-6-5-17-13(11-26)9-24-19(22)25-17/h1-4,7-9H,5-6,10-11H2,(H2,22,24,25). The van der Waals surface area contributed by atoms with Crippen LogP contribution in [0.15, 0.2) is 42.7 Å².